The molecule has 0 aliphatic rings. The number of methoxy groups -OCH3 is 1. The molecule has 0 aliphatic heterocycles. The molecular formula is C15H18N2O4S2. The van der Waals surface area contributed by atoms with Crippen molar-refractivity contribution in [3.8, 4) is 0 Å². The third-order valence-electron chi connectivity index (χ3n) is 3.15. The van der Waals surface area contributed by atoms with E-state index in [9.17, 15) is 9.59 Å². The normalized spacial score (nSPS) is 12.2. The Hall–Kier alpha value is -1.67. The van der Waals surface area contributed by atoms with Crippen LogP contribution >= 0.6 is 23.1 Å². The summed E-state index contributed by atoms with van der Waals surface area (Å²) < 4.78 is 9.84. The van der Waals surface area contributed by atoms with Crippen LogP contribution in [0, 0.1) is 13.8 Å². The van der Waals surface area contributed by atoms with E-state index in [4.69, 9.17) is 9.47 Å². The fourth-order valence-corrected chi connectivity index (χ4v) is 4.33. The number of thioether (sulfide) groups is 1. The number of esters is 2. The third-order valence-corrected chi connectivity index (χ3v) is 5.38. The van der Waals surface area contributed by atoms with Crippen LogP contribution in [-0.2, 0) is 14.3 Å². The van der Waals surface area contributed by atoms with Gasteiger partial charge in [-0.2, -0.15) is 0 Å². The summed E-state index contributed by atoms with van der Waals surface area (Å²) in [5, 5.41) is 1.07. The molecule has 0 unspecified atom stereocenters. The van der Waals surface area contributed by atoms with Gasteiger partial charge in [0.2, 0.25) is 0 Å². The quantitative estimate of drug-likeness (QED) is 0.464. The summed E-state index contributed by atoms with van der Waals surface area (Å²) in [7, 11) is 1.36. The van der Waals surface area contributed by atoms with Gasteiger partial charge in [0.25, 0.3) is 0 Å². The number of fused-ring (bicyclic) bond motifs is 1. The van der Waals surface area contributed by atoms with Gasteiger partial charge in [-0.1, -0.05) is 11.8 Å². The molecule has 0 aromatic carbocycles. The number of carbonyl (C=O) groups excluding carboxylic acids is 2. The van der Waals surface area contributed by atoms with Gasteiger partial charge in [-0.05, 0) is 33.3 Å². The highest BCUT2D eigenvalue weighted by Gasteiger charge is 2.23. The monoisotopic (exact) mass is 354 g/mol. The Morgan fingerprint density at radius 2 is 2.00 bits per heavy atom. The second-order valence-corrected chi connectivity index (χ2v) is 7.14. The summed E-state index contributed by atoms with van der Waals surface area (Å²) in [4.78, 5) is 33.8. The Morgan fingerprint density at radius 3 is 2.61 bits per heavy atom. The molecule has 2 aromatic heterocycles. The average molecular weight is 354 g/mol. The summed E-state index contributed by atoms with van der Waals surface area (Å²) in [6.07, 6.45) is 0. The second kappa shape index (κ2) is 7.27. The van der Waals surface area contributed by atoms with Crippen molar-refractivity contribution < 1.29 is 19.1 Å². The lowest BCUT2D eigenvalue weighted by atomic mass is 10.2. The number of rotatable bonds is 5. The van der Waals surface area contributed by atoms with E-state index in [1.807, 2.05) is 6.92 Å². The number of nitrogens with zero attached hydrogens (tertiary/aromatic N) is 2. The Balaban J connectivity index is 2.52. The average Bonchev–Trinajstić information content (AvgIpc) is 2.83. The highest BCUT2D eigenvalue weighted by Crippen LogP contribution is 2.37. The summed E-state index contributed by atoms with van der Waals surface area (Å²) in [5.41, 5.74) is 0.781. The zero-order valence-corrected chi connectivity index (χ0v) is 15.3. The molecule has 0 spiro atoms. The molecule has 23 heavy (non-hydrogen) atoms. The summed E-state index contributed by atoms with van der Waals surface area (Å²) >= 11 is 2.59. The highest BCUT2D eigenvalue weighted by molar-refractivity contribution is 8.00. The van der Waals surface area contributed by atoms with Gasteiger partial charge in [0.1, 0.15) is 25.8 Å². The van der Waals surface area contributed by atoms with E-state index in [0.717, 1.165) is 15.8 Å². The minimum Gasteiger partial charge on any atom is -0.468 e. The first-order chi connectivity index (χ1) is 10.9. The molecule has 0 N–H and O–H groups in total. The topological polar surface area (TPSA) is 78.4 Å². The SMILES string of the molecule is CCOC(=O)c1sc2nc(C)nc(S[C@H](C)C(=O)OC)c2c1C. The minimum atomic E-state index is -0.400. The van der Waals surface area contributed by atoms with Gasteiger partial charge in [0.05, 0.1) is 13.7 Å². The lowest BCUT2D eigenvalue weighted by molar-refractivity contribution is -0.139. The standard InChI is InChI=1S/C15H18N2O4S2/c1-6-21-15(19)11-7(2)10-12(22-8(3)14(18)20-5)16-9(4)17-13(10)23-11/h8H,6H2,1-5H3/t8-/m1/s1. The number of hydrogen-bond acceptors (Lipinski definition) is 8. The molecule has 1 atom stereocenters. The van der Waals surface area contributed by atoms with E-state index >= 15 is 0 Å². The highest BCUT2D eigenvalue weighted by atomic mass is 32.2. The van der Waals surface area contributed by atoms with E-state index in [1.54, 1.807) is 20.8 Å². The molecule has 124 valence electrons. The zero-order chi connectivity index (χ0) is 17.1. The maximum atomic E-state index is 12.1. The van der Waals surface area contributed by atoms with Crippen LogP contribution in [0.3, 0.4) is 0 Å². The van der Waals surface area contributed by atoms with Crippen LogP contribution in [0.2, 0.25) is 0 Å². The first-order valence-electron chi connectivity index (χ1n) is 7.08. The maximum Gasteiger partial charge on any atom is 0.348 e. The predicted molar refractivity (Wildman–Crippen MR) is 90.2 cm³/mol. The van der Waals surface area contributed by atoms with Crippen molar-refractivity contribution in [2.24, 2.45) is 0 Å². The van der Waals surface area contributed by atoms with Crippen LogP contribution < -0.4 is 0 Å². The first-order valence-corrected chi connectivity index (χ1v) is 8.78. The van der Waals surface area contributed by atoms with Crippen LogP contribution in [0.4, 0.5) is 0 Å². The van der Waals surface area contributed by atoms with Crippen molar-refractivity contribution in [2.75, 3.05) is 13.7 Å². The van der Waals surface area contributed by atoms with Crippen molar-refractivity contribution in [2.45, 2.75) is 38.0 Å². The fraction of sp³-hybridized carbons (Fsp3) is 0.467. The molecule has 0 amide bonds. The van der Waals surface area contributed by atoms with E-state index < -0.39 is 5.25 Å². The lowest BCUT2D eigenvalue weighted by Crippen LogP contribution is -2.15. The van der Waals surface area contributed by atoms with Crippen molar-refractivity contribution in [1.29, 1.82) is 0 Å². The van der Waals surface area contributed by atoms with Gasteiger partial charge in [-0.15, -0.1) is 11.3 Å². The Bertz CT molecular complexity index is 758. The van der Waals surface area contributed by atoms with Crippen LogP contribution in [0.1, 0.15) is 34.9 Å². The lowest BCUT2D eigenvalue weighted by Gasteiger charge is -2.10. The van der Waals surface area contributed by atoms with E-state index in [2.05, 4.69) is 9.97 Å². The van der Waals surface area contributed by atoms with Crippen LogP contribution in [0.5, 0.6) is 0 Å². The van der Waals surface area contributed by atoms with E-state index in [-0.39, 0.29) is 11.9 Å². The van der Waals surface area contributed by atoms with E-state index in [0.29, 0.717) is 22.3 Å². The van der Waals surface area contributed by atoms with Gasteiger partial charge >= 0.3 is 11.9 Å². The smallest absolute Gasteiger partial charge is 0.348 e. The Labute approximate surface area is 142 Å². The molecule has 0 bridgehead atoms. The van der Waals surface area contributed by atoms with Crippen molar-refractivity contribution in [3.05, 3.63) is 16.3 Å². The Morgan fingerprint density at radius 1 is 1.30 bits per heavy atom. The fourth-order valence-electron chi connectivity index (χ4n) is 2.06. The zero-order valence-electron chi connectivity index (χ0n) is 13.6. The van der Waals surface area contributed by atoms with Gasteiger partial charge < -0.3 is 9.47 Å². The van der Waals surface area contributed by atoms with Crippen LogP contribution in [0.15, 0.2) is 5.03 Å². The molecule has 0 saturated heterocycles. The number of thiophene rings is 1. The molecule has 8 heteroatoms. The third kappa shape index (κ3) is 3.64. The molecule has 0 aliphatic carbocycles. The van der Waals surface area contributed by atoms with Crippen molar-refractivity contribution in [3.63, 3.8) is 0 Å². The molecule has 0 fully saturated rings. The van der Waals surface area contributed by atoms with Gasteiger partial charge in [0, 0.05) is 5.39 Å². The molecular weight excluding hydrogens is 336 g/mol. The molecule has 2 rings (SSSR count). The molecule has 2 heterocycles. The minimum absolute atomic E-state index is 0.318. The van der Waals surface area contributed by atoms with Crippen molar-refractivity contribution >= 4 is 45.3 Å². The number of aryl methyl sites for hydroxylation is 2. The second-order valence-electron chi connectivity index (χ2n) is 4.82. The van der Waals surface area contributed by atoms with E-state index in [1.165, 1.54) is 30.2 Å². The van der Waals surface area contributed by atoms with Crippen molar-refractivity contribution in [1.82, 2.24) is 9.97 Å². The maximum absolute atomic E-state index is 12.1. The molecule has 6 nitrogen and oxygen atoms in total. The summed E-state index contributed by atoms with van der Waals surface area (Å²) in [6.45, 7) is 7.47. The molecule has 0 saturated carbocycles. The number of carbonyl (C=O) groups is 2. The number of ether oxygens (including phenoxy) is 2. The summed E-state index contributed by atoms with van der Waals surface area (Å²) in [5.74, 6) is -0.0886. The number of hydrogen-bond donors (Lipinski definition) is 0. The van der Waals surface area contributed by atoms with Crippen LogP contribution in [0.25, 0.3) is 10.2 Å². The molecule has 0 radical (unpaired) electrons. The van der Waals surface area contributed by atoms with Crippen LogP contribution in [-0.4, -0.2) is 40.9 Å². The number of aromatic nitrogens is 2. The predicted octanol–water partition coefficient (Wildman–Crippen LogP) is 3.14. The molecule has 2 aromatic rings. The van der Waals surface area contributed by atoms with Gasteiger partial charge in [-0.25, -0.2) is 14.8 Å². The van der Waals surface area contributed by atoms with Gasteiger partial charge in [-0.3, -0.25) is 4.79 Å². The van der Waals surface area contributed by atoms with Gasteiger partial charge in [0.15, 0.2) is 0 Å². The largest absolute Gasteiger partial charge is 0.468 e. The summed E-state index contributed by atoms with van der Waals surface area (Å²) in [6, 6.07) is 0. The Kier molecular flexibility index (Phi) is 5.59. The first kappa shape index (κ1) is 17.7.